The molecule has 0 radical (unpaired) electrons. The summed E-state index contributed by atoms with van der Waals surface area (Å²) in [5.74, 6) is 0.620. The van der Waals surface area contributed by atoms with Crippen LogP contribution < -0.4 is 11.1 Å². The molecule has 2 aliphatic rings. The first kappa shape index (κ1) is 23.5. The van der Waals surface area contributed by atoms with Crippen LogP contribution >= 0.6 is 0 Å². The number of nitrogens with one attached hydrogen (secondary N) is 1. The molecule has 3 rings (SSSR count). The van der Waals surface area contributed by atoms with Gasteiger partial charge in [-0.25, -0.2) is 0 Å². The molecule has 1 heterocycles. The highest BCUT2D eigenvalue weighted by Gasteiger charge is 2.25. The summed E-state index contributed by atoms with van der Waals surface area (Å²) in [6.07, 6.45) is 6.45. The van der Waals surface area contributed by atoms with Crippen molar-refractivity contribution in [1.82, 2.24) is 10.2 Å². The fraction of sp³-hybridized carbons (Fsp3) is 0.640. The van der Waals surface area contributed by atoms with Crippen molar-refractivity contribution in [1.29, 1.82) is 0 Å². The smallest absolute Gasteiger partial charge is 0.229 e. The van der Waals surface area contributed by atoms with Gasteiger partial charge < -0.3 is 16.0 Å². The van der Waals surface area contributed by atoms with Crippen LogP contribution in [0.2, 0.25) is 0 Å². The van der Waals surface area contributed by atoms with Gasteiger partial charge in [0.05, 0.1) is 0 Å². The van der Waals surface area contributed by atoms with Gasteiger partial charge in [-0.3, -0.25) is 14.4 Å². The van der Waals surface area contributed by atoms with E-state index in [-0.39, 0.29) is 24.0 Å². The molecule has 2 amide bonds. The minimum atomic E-state index is -0.580. The largest absolute Gasteiger partial charge is 0.369 e. The Labute approximate surface area is 185 Å². The Morgan fingerprint density at radius 1 is 1.03 bits per heavy atom. The van der Waals surface area contributed by atoms with Crippen LogP contribution in [-0.2, 0) is 22.4 Å². The van der Waals surface area contributed by atoms with Crippen LogP contribution in [0.15, 0.2) is 18.2 Å². The van der Waals surface area contributed by atoms with E-state index in [1.165, 1.54) is 24.0 Å². The van der Waals surface area contributed by atoms with E-state index in [9.17, 15) is 14.4 Å². The van der Waals surface area contributed by atoms with Gasteiger partial charge in [0, 0.05) is 37.7 Å². The maximum Gasteiger partial charge on any atom is 0.229 e. The molecule has 3 N–H and O–H groups in total. The fourth-order valence-electron chi connectivity index (χ4n) is 4.90. The van der Waals surface area contributed by atoms with Crippen LogP contribution in [0.3, 0.4) is 0 Å². The molecule has 6 heteroatoms. The summed E-state index contributed by atoms with van der Waals surface area (Å²) in [7, 11) is 0. The third-order valence-corrected chi connectivity index (χ3v) is 6.82. The van der Waals surface area contributed by atoms with Crippen LogP contribution in [-0.4, -0.2) is 48.7 Å². The molecule has 6 nitrogen and oxygen atoms in total. The van der Waals surface area contributed by atoms with Gasteiger partial charge in [-0.1, -0.05) is 26.0 Å². The number of ketones is 1. The zero-order chi connectivity index (χ0) is 22.4. The lowest BCUT2D eigenvalue weighted by Gasteiger charge is -2.32. The van der Waals surface area contributed by atoms with Crippen molar-refractivity contribution in [2.75, 3.05) is 26.2 Å². The van der Waals surface area contributed by atoms with Crippen LogP contribution in [0.5, 0.6) is 0 Å². The summed E-state index contributed by atoms with van der Waals surface area (Å²) in [6.45, 7) is 7.82. The summed E-state index contributed by atoms with van der Waals surface area (Å²) in [4.78, 5) is 37.3. The number of nitrogens with two attached hydrogens (primary N) is 1. The number of amides is 2. The molecule has 1 aliphatic heterocycles. The van der Waals surface area contributed by atoms with E-state index in [1.807, 2.05) is 19.9 Å². The number of hydrogen-bond donors (Lipinski definition) is 2. The first-order valence-corrected chi connectivity index (χ1v) is 11.7. The number of nitrogens with zero attached hydrogens (tertiary/aromatic N) is 1. The molecular weight excluding hydrogens is 390 g/mol. The van der Waals surface area contributed by atoms with Gasteiger partial charge in [-0.05, 0) is 67.6 Å². The van der Waals surface area contributed by atoms with Crippen molar-refractivity contribution in [2.24, 2.45) is 23.5 Å². The molecule has 1 aromatic carbocycles. The molecular formula is C25H37N3O3. The lowest BCUT2D eigenvalue weighted by atomic mass is 9.81. The van der Waals surface area contributed by atoms with Crippen molar-refractivity contribution in [3.63, 3.8) is 0 Å². The summed E-state index contributed by atoms with van der Waals surface area (Å²) in [5.41, 5.74) is 8.64. The molecule has 0 atom stereocenters. The highest BCUT2D eigenvalue weighted by Crippen LogP contribution is 2.30. The Morgan fingerprint density at radius 2 is 1.68 bits per heavy atom. The van der Waals surface area contributed by atoms with Gasteiger partial charge >= 0.3 is 0 Å². The maximum absolute atomic E-state index is 12.3. The second-order valence-corrected chi connectivity index (χ2v) is 9.64. The number of Topliss-reactive ketones (excluding diaryl/α,β-unsaturated/α-hetero) is 1. The molecule has 1 aromatic rings. The third-order valence-electron chi connectivity index (χ3n) is 6.82. The molecule has 1 saturated carbocycles. The lowest BCUT2D eigenvalue weighted by Crippen LogP contribution is -2.36. The molecule has 170 valence electrons. The number of hydrogen-bond acceptors (Lipinski definition) is 4. The number of carbonyl (C=O) groups excluding carboxylic acids is 3. The normalized spacial score (nSPS) is 21.9. The lowest BCUT2D eigenvalue weighted by molar-refractivity contribution is -0.127. The predicted molar refractivity (Wildman–Crippen MR) is 122 cm³/mol. The molecule has 31 heavy (non-hydrogen) atoms. The fourth-order valence-corrected chi connectivity index (χ4v) is 4.90. The van der Waals surface area contributed by atoms with Gasteiger partial charge in [0.15, 0.2) is 5.78 Å². The van der Waals surface area contributed by atoms with Crippen LogP contribution in [0, 0.1) is 17.8 Å². The molecule has 0 saturated heterocycles. The van der Waals surface area contributed by atoms with Gasteiger partial charge in [0.25, 0.3) is 0 Å². The Balaban J connectivity index is 1.43. The molecule has 1 fully saturated rings. The van der Waals surface area contributed by atoms with Gasteiger partial charge in [0.1, 0.15) is 6.42 Å². The van der Waals surface area contributed by atoms with E-state index in [4.69, 9.17) is 5.73 Å². The molecule has 0 spiro atoms. The summed E-state index contributed by atoms with van der Waals surface area (Å²) < 4.78 is 0. The SMILES string of the molecule is CC(C)C(=O)c1ccc2c(c1)CCN(CC1CCC(CNC(=O)CC(N)=O)CC1)CC2. The molecule has 0 aromatic heterocycles. The quantitative estimate of drug-likeness (QED) is 0.493. The van der Waals surface area contributed by atoms with Crippen LogP contribution in [0.25, 0.3) is 0 Å². The Hall–Kier alpha value is -2.21. The average Bonchev–Trinajstić information content (AvgIpc) is 2.94. The van der Waals surface area contributed by atoms with Crippen molar-refractivity contribution < 1.29 is 14.4 Å². The summed E-state index contributed by atoms with van der Waals surface area (Å²) in [5, 5.41) is 2.84. The molecule has 0 bridgehead atoms. The topological polar surface area (TPSA) is 92.5 Å². The van der Waals surface area contributed by atoms with Crippen LogP contribution in [0.4, 0.5) is 0 Å². The maximum atomic E-state index is 12.3. The Morgan fingerprint density at radius 3 is 2.32 bits per heavy atom. The highest BCUT2D eigenvalue weighted by atomic mass is 16.2. The number of benzene rings is 1. The van der Waals surface area contributed by atoms with E-state index >= 15 is 0 Å². The van der Waals surface area contributed by atoms with Crippen molar-refractivity contribution in [2.45, 2.75) is 58.8 Å². The number of fused-ring (bicyclic) bond motifs is 1. The van der Waals surface area contributed by atoms with Gasteiger partial charge in [-0.15, -0.1) is 0 Å². The van der Waals surface area contributed by atoms with Gasteiger partial charge in [-0.2, -0.15) is 0 Å². The second kappa shape index (κ2) is 10.9. The molecule has 0 unspecified atom stereocenters. The Bertz CT molecular complexity index is 797. The van der Waals surface area contributed by atoms with Gasteiger partial charge in [0.2, 0.25) is 11.8 Å². The number of rotatable bonds is 8. The zero-order valence-electron chi connectivity index (χ0n) is 19.0. The first-order valence-electron chi connectivity index (χ1n) is 11.7. The van der Waals surface area contributed by atoms with Crippen LogP contribution in [0.1, 0.15) is 67.4 Å². The Kier molecular flexibility index (Phi) is 8.24. The molecule has 1 aliphatic carbocycles. The van der Waals surface area contributed by atoms with E-state index < -0.39 is 5.91 Å². The van der Waals surface area contributed by atoms with E-state index in [0.717, 1.165) is 50.9 Å². The highest BCUT2D eigenvalue weighted by molar-refractivity contribution is 5.97. The monoisotopic (exact) mass is 427 g/mol. The predicted octanol–water partition coefficient (Wildman–Crippen LogP) is 2.72. The number of primary amides is 1. The van der Waals surface area contributed by atoms with Crippen molar-refractivity contribution in [3.05, 3.63) is 34.9 Å². The minimum Gasteiger partial charge on any atom is -0.369 e. The van der Waals surface area contributed by atoms with Crippen molar-refractivity contribution >= 4 is 17.6 Å². The summed E-state index contributed by atoms with van der Waals surface area (Å²) >= 11 is 0. The third kappa shape index (κ3) is 6.89. The second-order valence-electron chi connectivity index (χ2n) is 9.64. The standard InChI is InChI=1S/C25H37N3O3/c1-17(2)25(31)22-8-7-20-9-11-28(12-10-21(20)13-22)16-19-5-3-18(4-6-19)15-27-24(30)14-23(26)29/h7-8,13,17-19H,3-6,9-12,14-16H2,1-2H3,(H2,26,29)(H,27,30). The van der Waals surface area contributed by atoms with E-state index in [0.29, 0.717) is 18.4 Å². The minimum absolute atomic E-state index is 0.0342. The number of carbonyl (C=O) groups is 3. The average molecular weight is 428 g/mol. The van der Waals surface area contributed by atoms with Crippen molar-refractivity contribution in [3.8, 4) is 0 Å². The van der Waals surface area contributed by atoms with E-state index in [1.54, 1.807) is 0 Å². The summed E-state index contributed by atoms with van der Waals surface area (Å²) in [6, 6.07) is 6.28. The zero-order valence-corrected chi connectivity index (χ0v) is 19.0. The first-order chi connectivity index (χ1) is 14.8. The van der Waals surface area contributed by atoms with E-state index in [2.05, 4.69) is 22.3 Å².